The predicted octanol–water partition coefficient (Wildman–Crippen LogP) is 3.04. The predicted molar refractivity (Wildman–Crippen MR) is 112 cm³/mol. The zero-order valence-corrected chi connectivity index (χ0v) is 17.8. The number of nitrogens with one attached hydrogen (secondary N) is 1. The Balaban J connectivity index is 2.06. The zero-order valence-electron chi connectivity index (χ0n) is 17.0. The number of aryl methyl sites for hydroxylation is 2. The summed E-state index contributed by atoms with van der Waals surface area (Å²) in [5, 5.41) is 2.83. The van der Waals surface area contributed by atoms with Crippen molar-refractivity contribution in [1.29, 1.82) is 0 Å². The van der Waals surface area contributed by atoms with E-state index in [1.54, 1.807) is 19.1 Å². The Hall–Kier alpha value is -2.54. The van der Waals surface area contributed by atoms with E-state index in [1.807, 2.05) is 57.2 Å². The Bertz CT molecular complexity index is 910. The number of anilines is 1. The lowest BCUT2D eigenvalue weighted by molar-refractivity contribution is -0.122. The van der Waals surface area contributed by atoms with E-state index >= 15 is 0 Å². The maximum Gasteiger partial charge on any atom is 0.243 e. The number of carbonyl (C=O) groups excluding carboxylic acids is 1. The number of rotatable bonds is 8. The second-order valence-electron chi connectivity index (χ2n) is 7.06. The van der Waals surface area contributed by atoms with E-state index in [4.69, 9.17) is 4.74 Å². The van der Waals surface area contributed by atoms with E-state index in [2.05, 4.69) is 5.32 Å². The van der Waals surface area contributed by atoms with E-state index in [9.17, 15) is 13.2 Å². The van der Waals surface area contributed by atoms with Crippen LogP contribution in [-0.2, 0) is 14.8 Å². The van der Waals surface area contributed by atoms with E-state index in [0.29, 0.717) is 5.69 Å². The van der Waals surface area contributed by atoms with Gasteiger partial charge in [0.2, 0.25) is 15.9 Å². The Kier molecular flexibility index (Phi) is 7.07. The van der Waals surface area contributed by atoms with Crippen LogP contribution in [0.1, 0.15) is 25.0 Å². The molecule has 152 valence electrons. The molecular formula is C21H28N2O4S. The third-order valence-electron chi connectivity index (χ3n) is 4.35. The van der Waals surface area contributed by atoms with Gasteiger partial charge in [-0.3, -0.25) is 9.10 Å². The third-order valence-corrected chi connectivity index (χ3v) is 5.59. The summed E-state index contributed by atoms with van der Waals surface area (Å²) in [6.07, 6.45) is 1.10. The van der Waals surface area contributed by atoms with Gasteiger partial charge in [0.1, 0.15) is 18.4 Å². The molecule has 1 amide bonds. The molecule has 0 aromatic heterocycles. The van der Waals surface area contributed by atoms with Gasteiger partial charge >= 0.3 is 0 Å². The highest BCUT2D eigenvalue weighted by molar-refractivity contribution is 7.92. The van der Waals surface area contributed by atoms with Gasteiger partial charge in [0.15, 0.2) is 0 Å². The second-order valence-corrected chi connectivity index (χ2v) is 8.92. The fraction of sp³-hybridized carbons (Fsp3) is 0.381. The summed E-state index contributed by atoms with van der Waals surface area (Å²) in [6, 6.07) is 13.5. The van der Waals surface area contributed by atoms with Crippen molar-refractivity contribution in [2.75, 3.05) is 17.2 Å². The average Bonchev–Trinajstić information content (AvgIpc) is 2.61. The summed E-state index contributed by atoms with van der Waals surface area (Å²) in [6.45, 7) is 7.55. The van der Waals surface area contributed by atoms with Crippen molar-refractivity contribution in [1.82, 2.24) is 5.32 Å². The molecule has 0 heterocycles. The quantitative estimate of drug-likeness (QED) is 0.734. The lowest BCUT2D eigenvalue weighted by Crippen LogP contribution is -2.50. The van der Waals surface area contributed by atoms with E-state index < -0.39 is 16.1 Å². The normalized spacial score (nSPS) is 13.5. The van der Waals surface area contributed by atoms with Gasteiger partial charge < -0.3 is 10.1 Å². The number of ether oxygens (including phenoxy) is 1. The summed E-state index contributed by atoms with van der Waals surface area (Å²) in [5.74, 6) is 0.376. The van der Waals surface area contributed by atoms with Crippen LogP contribution in [-0.4, -0.2) is 39.3 Å². The molecule has 0 saturated heterocycles. The minimum atomic E-state index is -3.63. The van der Waals surface area contributed by atoms with Crippen LogP contribution in [0.5, 0.6) is 5.75 Å². The van der Waals surface area contributed by atoms with E-state index in [1.165, 1.54) is 0 Å². The van der Waals surface area contributed by atoms with Crippen LogP contribution >= 0.6 is 0 Å². The summed E-state index contributed by atoms with van der Waals surface area (Å²) in [5.41, 5.74) is 2.48. The first-order valence-corrected chi connectivity index (χ1v) is 11.0. The maximum absolute atomic E-state index is 12.7. The first kappa shape index (κ1) is 21.8. The number of amides is 1. The highest BCUT2D eigenvalue weighted by atomic mass is 32.2. The highest BCUT2D eigenvalue weighted by Gasteiger charge is 2.29. The van der Waals surface area contributed by atoms with Crippen LogP contribution in [0.25, 0.3) is 0 Å². The fourth-order valence-electron chi connectivity index (χ4n) is 2.84. The molecule has 7 heteroatoms. The Morgan fingerprint density at radius 2 is 1.68 bits per heavy atom. The van der Waals surface area contributed by atoms with Crippen LogP contribution in [0.15, 0.2) is 48.5 Å². The van der Waals surface area contributed by atoms with Crippen molar-refractivity contribution in [2.45, 2.75) is 39.8 Å². The first-order valence-electron chi connectivity index (χ1n) is 9.14. The highest BCUT2D eigenvalue weighted by Crippen LogP contribution is 2.21. The molecule has 1 N–H and O–H groups in total. The van der Waals surface area contributed by atoms with Gasteiger partial charge in [0.05, 0.1) is 18.0 Å². The molecule has 28 heavy (non-hydrogen) atoms. The van der Waals surface area contributed by atoms with Gasteiger partial charge in [-0.05, 0) is 51.5 Å². The molecule has 2 atom stereocenters. The molecule has 0 bridgehead atoms. The van der Waals surface area contributed by atoms with Gasteiger partial charge in [0.25, 0.3) is 0 Å². The minimum Gasteiger partial charge on any atom is -0.491 e. The van der Waals surface area contributed by atoms with E-state index in [-0.39, 0.29) is 18.6 Å². The number of carbonyl (C=O) groups is 1. The fourth-order valence-corrected chi connectivity index (χ4v) is 4.01. The maximum atomic E-state index is 12.7. The number of nitrogens with zero attached hydrogens (tertiary/aromatic N) is 1. The molecule has 0 unspecified atom stereocenters. The second kappa shape index (κ2) is 9.10. The third kappa shape index (κ3) is 5.73. The minimum absolute atomic E-state index is 0.283. The Labute approximate surface area is 167 Å². The van der Waals surface area contributed by atoms with Crippen LogP contribution < -0.4 is 14.4 Å². The van der Waals surface area contributed by atoms with Gasteiger partial charge in [-0.25, -0.2) is 8.42 Å². The summed E-state index contributed by atoms with van der Waals surface area (Å²) in [7, 11) is -3.63. The van der Waals surface area contributed by atoms with Crippen molar-refractivity contribution in [3.63, 3.8) is 0 Å². The summed E-state index contributed by atoms with van der Waals surface area (Å²) >= 11 is 0. The number of hydrogen-bond donors (Lipinski definition) is 1. The largest absolute Gasteiger partial charge is 0.491 e. The Morgan fingerprint density at radius 1 is 1.07 bits per heavy atom. The monoisotopic (exact) mass is 404 g/mol. The van der Waals surface area contributed by atoms with Crippen LogP contribution in [0.3, 0.4) is 0 Å². The summed E-state index contributed by atoms with van der Waals surface area (Å²) < 4.78 is 31.5. The lowest BCUT2D eigenvalue weighted by Gasteiger charge is -2.29. The van der Waals surface area contributed by atoms with Gasteiger partial charge in [0, 0.05) is 0 Å². The number of hydrogen-bond acceptors (Lipinski definition) is 4. The van der Waals surface area contributed by atoms with Crippen LogP contribution in [0, 0.1) is 13.8 Å². The van der Waals surface area contributed by atoms with Crippen molar-refractivity contribution in [3.05, 3.63) is 59.7 Å². The standard InChI is InChI=1S/C21H28N2O4S/c1-15-10-12-19(13-11-15)23(28(5,25)26)18(4)21(24)22-17(3)14-27-20-9-7-6-8-16(20)2/h6-13,17-18H,14H2,1-5H3,(H,22,24)/t17-,18-/m1/s1. The van der Waals surface area contributed by atoms with E-state index in [0.717, 1.165) is 27.4 Å². The molecule has 2 aromatic rings. The average molecular weight is 405 g/mol. The Morgan fingerprint density at radius 3 is 2.25 bits per heavy atom. The van der Waals surface area contributed by atoms with Gasteiger partial charge in [-0.1, -0.05) is 35.9 Å². The zero-order chi connectivity index (χ0) is 20.9. The SMILES string of the molecule is Cc1ccc(N([C@H](C)C(=O)N[C@H](C)COc2ccccc2C)S(C)(=O)=O)cc1. The molecule has 6 nitrogen and oxygen atoms in total. The number of para-hydroxylation sites is 1. The smallest absolute Gasteiger partial charge is 0.243 e. The van der Waals surface area contributed by atoms with Crippen LogP contribution in [0.4, 0.5) is 5.69 Å². The van der Waals surface area contributed by atoms with Crippen molar-refractivity contribution >= 4 is 21.6 Å². The first-order chi connectivity index (χ1) is 13.1. The number of benzene rings is 2. The lowest BCUT2D eigenvalue weighted by atomic mass is 10.2. The molecule has 2 rings (SSSR count). The molecule has 0 fully saturated rings. The molecule has 0 spiro atoms. The van der Waals surface area contributed by atoms with Crippen molar-refractivity contribution < 1.29 is 17.9 Å². The molecule has 0 saturated carbocycles. The van der Waals surface area contributed by atoms with Crippen LogP contribution in [0.2, 0.25) is 0 Å². The molecule has 0 aliphatic rings. The molecule has 0 aliphatic carbocycles. The van der Waals surface area contributed by atoms with Crippen molar-refractivity contribution in [3.8, 4) is 5.75 Å². The molecule has 0 radical (unpaired) electrons. The summed E-state index contributed by atoms with van der Waals surface area (Å²) in [4.78, 5) is 12.7. The van der Waals surface area contributed by atoms with Gasteiger partial charge in [-0.2, -0.15) is 0 Å². The topological polar surface area (TPSA) is 75.7 Å². The molecule has 2 aromatic carbocycles. The van der Waals surface area contributed by atoms with Gasteiger partial charge in [-0.15, -0.1) is 0 Å². The number of sulfonamides is 1. The van der Waals surface area contributed by atoms with Crippen molar-refractivity contribution in [2.24, 2.45) is 0 Å². The molecular weight excluding hydrogens is 376 g/mol. The molecule has 0 aliphatic heterocycles.